The molecule has 0 amide bonds. The predicted molar refractivity (Wildman–Crippen MR) is 73.0 cm³/mol. The van der Waals surface area contributed by atoms with Crippen LogP contribution in [0.25, 0.3) is 0 Å². The lowest BCUT2D eigenvalue weighted by molar-refractivity contribution is 0.719. The van der Waals surface area contributed by atoms with Crippen LogP contribution in [-0.2, 0) is 6.42 Å². The average Bonchev–Trinajstić information content (AvgIpc) is 2.48. The molecule has 0 bridgehead atoms. The third-order valence-corrected chi connectivity index (χ3v) is 3.29. The van der Waals surface area contributed by atoms with Crippen molar-refractivity contribution in [1.82, 2.24) is 0 Å². The zero-order valence-corrected chi connectivity index (χ0v) is 10.3. The monoisotopic (exact) mass is 234 g/mol. The number of aryl methyl sites for hydroxylation is 1. The van der Waals surface area contributed by atoms with Gasteiger partial charge in [-0.05, 0) is 30.9 Å². The summed E-state index contributed by atoms with van der Waals surface area (Å²) in [5.41, 5.74) is 8.41. The molecule has 0 saturated heterocycles. The fourth-order valence-corrected chi connectivity index (χ4v) is 2.34. The number of rotatable bonds is 3. The molecule has 0 radical (unpaired) electrons. The van der Waals surface area contributed by atoms with Crippen LogP contribution in [0, 0.1) is 0 Å². The molecule has 0 spiro atoms. The Morgan fingerprint density at radius 2 is 2.12 bits per heavy atom. The molecular formula is C13H18N2S. The van der Waals surface area contributed by atoms with Crippen LogP contribution in [0.15, 0.2) is 24.3 Å². The maximum Gasteiger partial charge on any atom is 0.0745 e. The summed E-state index contributed by atoms with van der Waals surface area (Å²) in [6, 6.07) is 8.67. The topological polar surface area (TPSA) is 29.3 Å². The van der Waals surface area contributed by atoms with Crippen molar-refractivity contribution in [3.8, 4) is 0 Å². The van der Waals surface area contributed by atoms with Gasteiger partial charge in [-0.25, -0.2) is 0 Å². The van der Waals surface area contributed by atoms with Crippen molar-refractivity contribution in [1.29, 1.82) is 0 Å². The third kappa shape index (κ3) is 2.73. The Labute approximate surface area is 102 Å². The summed E-state index contributed by atoms with van der Waals surface area (Å²) in [6.45, 7) is 2.08. The number of benzene rings is 1. The lowest BCUT2D eigenvalue weighted by Crippen LogP contribution is -2.28. The van der Waals surface area contributed by atoms with Crippen molar-refractivity contribution in [3.05, 3.63) is 29.8 Å². The summed E-state index contributed by atoms with van der Waals surface area (Å²) < 4.78 is 0. The van der Waals surface area contributed by atoms with Crippen LogP contribution in [-0.4, -0.2) is 18.1 Å². The first-order chi connectivity index (χ1) is 7.77. The van der Waals surface area contributed by atoms with Crippen LogP contribution in [0.1, 0.15) is 24.8 Å². The molecule has 86 valence electrons. The summed E-state index contributed by atoms with van der Waals surface area (Å²) >= 11 is 4.95. The number of para-hydroxylation sites is 1. The minimum Gasteiger partial charge on any atom is -0.393 e. The van der Waals surface area contributed by atoms with E-state index in [0.717, 1.165) is 19.5 Å². The molecule has 1 aromatic rings. The Balaban J connectivity index is 2.15. The van der Waals surface area contributed by atoms with E-state index in [9.17, 15) is 0 Å². The quantitative estimate of drug-likeness (QED) is 0.815. The molecule has 16 heavy (non-hydrogen) atoms. The molecule has 0 unspecified atom stereocenters. The molecule has 2 rings (SSSR count). The normalized spacial score (nSPS) is 15.4. The van der Waals surface area contributed by atoms with Crippen LogP contribution in [0.3, 0.4) is 0 Å². The molecule has 0 fully saturated rings. The number of nitrogens with two attached hydrogens (primary N) is 1. The molecular weight excluding hydrogens is 216 g/mol. The van der Waals surface area contributed by atoms with Gasteiger partial charge in [0.25, 0.3) is 0 Å². The second-order valence-electron chi connectivity index (χ2n) is 4.29. The highest BCUT2D eigenvalue weighted by Gasteiger charge is 2.14. The van der Waals surface area contributed by atoms with E-state index in [2.05, 4.69) is 29.2 Å². The fourth-order valence-electron chi connectivity index (χ4n) is 2.25. The Morgan fingerprint density at radius 3 is 2.94 bits per heavy atom. The van der Waals surface area contributed by atoms with Crippen LogP contribution in [0.4, 0.5) is 5.69 Å². The minimum atomic E-state index is 0.613. The van der Waals surface area contributed by atoms with Gasteiger partial charge in [-0.1, -0.05) is 30.4 Å². The van der Waals surface area contributed by atoms with Gasteiger partial charge in [0.2, 0.25) is 0 Å². The molecule has 0 aliphatic carbocycles. The van der Waals surface area contributed by atoms with E-state index >= 15 is 0 Å². The second kappa shape index (κ2) is 5.30. The van der Waals surface area contributed by atoms with Gasteiger partial charge in [0, 0.05) is 25.2 Å². The molecule has 1 aromatic carbocycles. The molecule has 0 saturated carbocycles. The van der Waals surface area contributed by atoms with E-state index in [-0.39, 0.29) is 0 Å². The van der Waals surface area contributed by atoms with Crippen LogP contribution < -0.4 is 10.6 Å². The predicted octanol–water partition coefficient (Wildman–Crippen LogP) is 2.51. The van der Waals surface area contributed by atoms with E-state index in [0.29, 0.717) is 4.99 Å². The van der Waals surface area contributed by atoms with Gasteiger partial charge in [-0.15, -0.1) is 0 Å². The van der Waals surface area contributed by atoms with E-state index in [4.69, 9.17) is 18.0 Å². The van der Waals surface area contributed by atoms with Crippen LogP contribution in [0.5, 0.6) is 0 Å². The number of hydrogen-bond acceptors (Lipinski definition) is 2. The van der Waals surface area contributed by atoms with Crippen molar-refractivity contribution in [2.24, 2.45) is 5.73 Å². The smallest absolute Gasteiger partial charge is 0.0745 e. The van der Waals surface area contributed by atoms with Gasteiger partial charge in [-0.2, -0.15) is 0 Å². The van der Waals surface area contributed by atoms with Gasteiger partial charge >= 0.3 is 0 Å². The molecule has 2 N–H and O–H groups in total. The molecule has 1 heterocycles. The van der Waals surface area contributed by atoms with Gasteiger partial charge in [0.1, 0.15) is 0 Å². The van der Waals surface area contributed by atoms with Crippen molar-refractivity contribution in [2.45, 2.75) is 25.7 Å². The van der Waals surface area contributed by atoms with Crippen molar-refractivity contribution in [2.75, 3.05) is 18.0 Å². The number of thiocarbonyl (C=S) groups is 1. The lowest BCUT2D eigenvalue weighted by atomic mass is 10.1. The molecule has 1 aliphatic rings. The first kappa shape index (κ1) is 11.4. The molecule has 3 heteroatoms. The fraction of sp³-hybridized carbons (Fsp3) is 0.462. The summed E-state index contributed by atoms with van der Waals surface area (Å²) in [6.07, 6.45) is 4.54. The van der Waals surface area contributed by atoms with E-state index < -0.39 is 0 Å². The zero-order chi connectivity index (χ0) is 11.4. The Hall–Kier alpha value is -1.09. The van der Waals surface area contributed by atoms with Gasteiger partial charge in [0.15, 0.2) is 0 Å². The summed E-state index contributed by atoms with van der Waals surface area (Å²) in [7, 11) is 0. The van der Waals surface area contributed by atoms with Crippen molar-refractivity contribution >= 4 is 22.9 Å². The zero-order valence-electron chi connectivity index (χ0n) is 9.48. The maximum absolute atomic E-state index is 5.57. The Kier molecular flexibility index (Phi) is 3.78. The minimum absolute atomic E-state index is 0.613. The first-order valence-electron chi connectivity index (χ1n) is 5.88. The highest BCUT2D eigenvalue weighted by molar-refractivity contribution is 7.80. The maximum atomic E-state index is 5.57. The summed E-state index contributed by atoms with van der Waals surface area (Å²) in [5, 5.41) is 0. The van der Waals surface area contributed by atoms with Gasteiger partial charge in [-0.3, -0.25) is 0 Å². The largest absolute Gasteiger partial charge is 0.393 e. The number of hydrogen-bond donors (Lipinski definition) is 1. The van der Waals surface area contributed by atoms with Crippen LogP contribution >= 0.6 is 12.2 Å². The first-order valence-corrected chi connectivity index (χ1v) is 6.29. The Bertz CT molecular complexity index is 376. The number of nitrogens with zero attached hydrogens (tertiary/aromatic N) is 1. The lowest BCUT2D eigenvalue weighted by Gasteiger charge is -2.24. The van der Waals surface area contributed by atoms with E-state index in [1.807, 2.05) is 0 Å². The number of fused-ring (bicyclic) bond motifs is 1. The van der Waals surface area contributed by atoms with E-state index in [1.165, 1.54) is 30.5 Å². The molecule has 0 atom stereocenters. The summed E-state index contributed by atoms with van der Waals surface area (Å²) in [5.74, 6) is 0. The Morgan fingerprint density at radius 1 is 1.31 bits per heavy atom. The van der Waals surface area contributed by atoms with Gasteiger partial charge < -0.3 is 10.6 Å². The number of anilines is 1. The van der Waals surface area contributed by atoms with E-state index in [1.54, 1.807) is 0 Å². The third-order valence-electron chi connectivity index (χ3n) is 3.08. The highest BCUT2D eigenvalue weighted by atomic mass is 32.1. The van der Waals surface area contributed by atoms with Crippen molar-refractivity contribution in [3.63, 3.8) is 0 Å². The average molecular weight is 234 g/mol. The molecule has 2 nitrogen and oxygen atoms in total. The highest BCUT2D eigenvalue weighted by Crippen LogP contribution is 2.25. The van der Waals surface area contributed by atoms with Crippen molar-refractivity contribution < 1.29 is 0 Å². The SMILES string of the molecule is NC(=S)CCN1CCCCc2ccccc21. The van der Waals surface area contributed by atoms with Gasteiger partial charge in [0.05, 0.1) is 4.99 Å². The molecule has 1 aliphatic heterocycles. The summed E-state index contributed by atoms with van der Waals surface area (Å²) in [4.78, 5) is 3.03. The standard InChI is InChI=1S/C13H18N2S/c14-13(16)8-10-15-9-4-3-6-11-5-1-2-7-12(11)15/h1-2,5,7H,3-4,6,8-10H2,(H2,14,16). The van der Waals surface area contributed by atoms with Crippen LogP contribution in [0.2, 0.25) is 0 Å². The second-order valence-corrected chi connectivity index (χ2v) is 4.81. The molecule has 0 aromatic heterocycles.